The minimum atomic E-state index is -0.108. The van der Waals surface area contributed by atoms with E-state index in [1.54, 1.807) is 17.6 Å². The molecule has 5 rings (SSSR count). The van der Waals surface area contributed by atoms with Crippen molar-refractivity contribution >= 4 is 45.7 Å². The van der Waals surface area contributed by atoms with Crippen molar-refractivity contribution in [3.63, 3.8) is 0 Å². The molecule has 1 atom stereocenters. The van der Waals surface area contributed by atoms with Crippen molar-refractivity contribution in [1.82, 2.24) is 0 Å². The molecule has 4 aromatic rings. The fourth-order valence-corrected chi connectivity index (χ4v) is 6.43. The third-order valence-electron chi connectivity index (χ3n) is 7.31. The quantitative estimate of drug-likeness (QED) is 0.231. The first-order valence-corrected chi connectivity index (χ1v) is 14.5. The minimum absolute atomic E-state index is 0.108. The number of carbonyl (C=O) groups excluding carboxylic acids is 1. The summed E-state index contributed by atoms with van der Waals surface area (Å²) >= 11 is 7.96. The van der Waals surface area contributed by atoms with E-state index in [0.29, 0.717) is 28.9 Å². The van der Waals surface area contributed by atoms with Crippen molar-refractivity contribution in [2.75, 3.05) is 5.32 Å². The Morgan fingerprint density at radius 1 is 1.05 bits per heavy atom. The largest absolute Gasteiger partial charge is 0.488 e. The van der Waals surface area contributed by atoms with Gasteiger partial charge in [0.05, 0.1) is 5.56 Å². The van der Waals surface area contributed by atoms with Crippen molar-refractivity contribution in [2.24, 2.45) is 16.3 Å². The van der Waals surface area contributed by atoms with E-state index in [9.17, 15) is 4.79 Å². The first-order valence-electron chi connectivity index (χ1n) is 13.3. The van der Waals surface area contributed by atoms with Gasteiger partial charge >= 0.3 is 0 Å². The summed E-state index contributed by atoms with van der Waals surface area (Å²) in [6.45, 7) is 7.27. The van der Waals surface area contributed by atoms with Crippen molar-refractivity contribution in [3.8, 4) is 5.75 Å². The van der Waals surface area contributed by atoms with E-state index in [0.717, 1.165) is 46.6 Å². The molecule has 1 aromatic heterocycles. The summed E-state index contributed by atoms with van der Waals surface area (Å²) in [4.78, 5) is 19.8. The Kier molecular flexibility index (Phi) is 8.20. The number of ether oxygens (including phenoxy) is 1. The number of hydrogen-bond acceptors (Lipinski definition) is 4. The molecule has 0 spiro atoms. The van der Waals surface area contributed by atoms with Crippen LogP contribution in [-0.4, -0.2) is 12.1 Å². The Morgan fingerprint density at radius 3 is 2.54 bits per heavy atom. The second-order valence-electron chi connectivity index (χ2n) is 11.0. The molecule has 0 bridgehead atoms. The minimum Gasteiger partial charge on any atom is -0.488 e. The standard InChI is InChI=1S/C33H33ClN2O2S/c1-33(2,3)24-17-18-26-29(19-24)39-32(30(26)31(37)36-25-13-5-4-6-14-25)35-20-22-11-8-10-16-28(22)38-21-23-12-7-9-15-27(23)34/h4-16,20,24H,17-19,21H2,1-3H3,(H,36,37)/t24-/m1/s1. The topological polar surface area (TPSA) is 50.7 Å². The van der Waals surface area contributed by atoms with Crippen LogP contribution in [0, 0.1) is 11.3 Å². The number of thiophene rings is 1. The highest BCUT2D eigenvalue weighted by molar-refractivity contribution is 7.16. The van der Waals surface area contributed by atoms with Crippen molar-refractivity contribution in [1.29, 1.82) is 0 Å². The number of hydrogen-bond donors (Lipinski definition) is 1. The number of anilines is 1. The first kappa shape index (κ1) is 27.2. The van der Waals surface area contributed by atoms with Crippen molar-refractivity contribution in [2.45, 2.75) is 46.6 Å². The Balaban J connectivity index is 1.45. The normalized spacial score (nSPS) is 15.2. The number of para-hydroxylation sites is 2. The zero-order chi connectivity index (χ0) is 27.4. The van der Waals surface area contributed by atoms with Gasteiger partial charge in [0.2, 0.25) is 0 Å². The molecule has 39 heavy (non-hydrogen) atoms. The Morgan fingerprint density at radius 2 is 1.77 bits per heavy atom. The maximum Gasteiger partial charge on any atom is 0.259 e. The van der Waals surface area contributed by atoms with Crippen LogP contribution in [0.5, 0.6) is 5.75 Å². The molecule has 3 aromatic carbocycles. The van der Waals surface area contributed by atoms with Gasteiger partial charge in [0.15, 0.2) is 0 Å². The average Bonchev–Trinajstić information content (AvgIpc) is 3.30. The molecule has 0 saturated carbocycles. The van der Waals surface area contributed by atoms with Gasteiger partial charge in [-0.1, -0.05) is 80.9 Å². The number of fused-ring (bicyclic) bond motifs is 1. The molecule has 1 aliphatic rings. The molecule has 0 radical (unpaired) electrons. The third kappa shape index (κ3) is 6.43. The average molecular weight is 557 g/mol. The highest BCUT2D eigenvalue weighted by Crippen LogP contribution is 2.45. The predicted octanol–water partition coefficient (Wildman–Crippen LogP) is 9.13. The smallest absolute Gasteiger partial charge is 0.259 e. The van der Waals surface area contributed by atoms with Crippen LogP contribution in [0.4, 0.5) is 10.7 Å². The molecule has 1 heterocycles. The molecule has 200 valence electrons. The van der Waals surface area contributed by atoms with Crippen LogP contribution in [0.3, 0.4) is 0 Å². The van der Waals surface area contributed by atoms with Crippen molar-refractivity contribution in [3.05, 3.63) is 111 Å². The number of nitrogens with one attached hydrogen (secondary N) is 1. The number of carbonyl (C=O) groups is 1. The van der Waals surface area contributed by atoms with E-state index in [4.69, 9.17) is 21.3 Å². The second kappa shape index (κ2) is 11.8. The molecule has 1 aliphatic carbocycles. The Bertz CT molecular complexity index is 1490. The van der Waals surface area contributed by atoms with Crippen LogP contribution in [-0.2, 0) is 19.4 Å². The summed E-state index contributed by atoms with van der Waals surface area (Å²) in [6.07, 6.45) is 4.74. The summed E-state index contributed by atoms with van der Waals surface area (Å²) in [7, 11) is 0. The van der Waals surface area contributed by atoms with E-state index < -0.39 is 0 Å². The zero-order valence-corrected chi connectivity index (χ0v) is 24.1. The summed E-state index contributed by atoms with van der Waals surface area (Å²) in [5.41, 5.74) is 4.60. The van der Waals surface area contributed by atoms with Crippen LogP contribution >= 0.6 is 22.9 Å². The van der Waals surface area contributed by atoms with Crippen LogP contribution in [0.1, 0.15) is 59.1 Å². The van der Waals surface area contributed by atoms with E-state index in [-0.39, 0.29) is 11.3 Å². The summed E-state index contributed by atoms with van der Waals surface area (Å²) in [5.74, 6) is 1.18. The molecule has 0 saturated heterocycles. The lowest BCUT2D eigenvalue weighted by atomic mass is 9.72. The number of amides is 1. The summed E-state index contributed by atoms with van der Waals surface area (Å²) in [6, 6.07) is 25.1. The van der Waals surface area contributed by atoms with Crippen molar-refractivity contribution < 1.29 is 9.53 Å². The van der Waals surface area contributed by atoms with Gasteiger partial charge in [0.1, 0.15) is 17.4 Å². The summed E-state index contributed by atoms with van der Waals surface area (Å²) in [5, 5.41) is 4.50. The molecule has 1 amide bonds. The van der Waals surface area contributed by atoms with E-state index in [1.165, 1.54) is 4.88 Å². The monoisotopic (exact) mass is 556 g/mol. The van der Waals surface area contributed by atoms with Gasteiger partial charge in [-0.15, -0.1) is 11.3 Å². The van der Waals surface area contributed by atoms with Crippen LogP contribution in [0.25, 0.3) is 0 Å². The van der Waals surface area contributed by atoms with Gasteiger partial charge in [-0.3, -0.25) is 4.79 Å². The van der Waals surface area contributed by atoms with E-state index in [2.05, 4.69) is 26.1 Å². The molecule has 0 unspecified atom stereocenters. The molecule has 4 nitrogen and oxygen atoms in total. The third-order valence-corrected chi connectivity index (χ3v) is 8.84. The van der Waals surface area contributed by atoms with E-state index in [1.807, 2.05) is 78.9 Å². The summed E-state index contributed by atoms with van der Waals surface area (Å²) < 4.78 is 6.13. The fraction of sp³-hybridized carbons (Fsp3) is 0.273. The van der Waals surface area contributed by atoms with E-state index >= 15 is 0 Å². The highest BCUT2D eigenvalue weighted by Gasteiger charge is 2.33. The van der Waals surface area contributed by atoms with Gasteiger partial charge in [-0.05, 0) is 66.5 Å². The second-order valence-corrected chi connectivity index (χ2v) is 12.5. The molecular formula is C33H33ClN2O2S. The SMILES string of the molecule is CC(C)(C)[C@@H]1CCc2c(sc(N=Cc3ccccc3OCc3ccccc3Cl)c2C(=O)Nc2ccccc2)C1. The lowest BCUT2D eigenvalue weighted by Crippen LogP contribution is -2.27. The van der Waals surface area contributed by atoms with Crippen LogP contribution < -0.4 is 10.1 Å². The molecular weight excluding hydrogens is 524 g/mol. The van der Waals surface area contributed by atoms with Crippen LogP contribution in [0.15, 0.2) is 83.9 Å². The Labute approximate surface area is 239 Å². The number of nitrogens with zero attached hydrogens (tertiary/aromatic N) is 1. The zero-order valence-electron chi connectivity index (χ0n) is 22.5. The number of benzene rings is 3. The lowest BCUT2D eigenvalue weighted by Gasteiger charge is -2.33. The molecule has 6 heteroatoms. The molecule has 1 N–H and O–H groups in total. The van der Waals surface area contributed by atoms with Gasteiger partial charge in [-0.2, -0.15) is 0 Å². The predicted molar refractivity (Wildman–Crippen MR) is 163 cm³/mol. The first-order chi connectivity index (χ1) is 18.8. The maximum atomic E-state index is 13.6. The highest BCUT2D eigenvalue weighted by atomic mass is 35.5. The Hall–Kier alpha value is -3.41. The van der Waals surface area contributed by atoms with Crippen LogP contribution in [0.2, 0.25) is 5.02 Å². The number of rotatable bonds is 7. The molecule has 0 aliphatic heterocycles. The van der Waals surface area contributed by atoms with Gasteiger partial charge in [0, 0.05) is 32.9 Å². The number of halogens is 1. The lowest BCUT2D eigenvalue weighted by molar-refractivity contribution is 0.102. The van der Waals surface area contributed by atoms with Gasteiger partial charge in [-0.25, -0.2) is 4.99 Å². The maximum absolute atomic E-state index is 13.6. The number of aliphatic imine (C=N–C) groups is 1. The fourth-order valence-electron chi connectivity index (χ4n) is 4.97. The molecule has 0 fully saturated rings. The van der Waals surface area contributed by atoms with Gasteiger partial charge in [0.25, 0.3) is 5.91 Å². The van der Waals surface area contributed by atoms with Gasteiger partial charge < -0.3 is 10.1 Å².